The summed E-state index contributed by atoms with van der Waals surface area (Å²) in [4.78, 5) is 19.4. The Bertz CT molecular complexity index is 1060. The summed E-state index contributed by atoms with van der Waals surface area (Å²) in [5.74, 6) is 1.58. The maximum absolute atomic E-state index is 12.8. The SMILES string of the molecule is COc1ccc(-c2noc(CN3CCCC(C(=O)Nc4cc(Cl)ccc4Cl)C3)n2)cc1. The van der Waals surface area contributed by atoms with Crippen LogP contribution in [0.1, 0.15) is 18.7 Å². The fraction of sp³-hybridized carbons (Fsp3) is 0.318. The number of carbonyl (C=O) groups is 1. The van der Waals surface area contributed by atoms with Gasteiger partial charge in [0.2, 0.25) is 17.6 Å². The van der Waals surface area contributed by atoms with Crippen LogP contribution in [-0.2, 0) is 11.3 Å². The lowest BCUT2D eigenvalue weighted by atomic mass is 9.97. The molecule has 1 aromatic heterocycles. The Kier molecular flexibility index (Phi) is 6.75. The molecule has 0 saturated carbocycles. The van der Waals surface area contributed by atoms with E-state index in [9.17, 15) is 4.79 Å². The largest absolute Gasteiger partial charge is 0.497 e. The first kappa shape index (κ1) is 21.6. The number of nitrogens with zero attached hydrogens (tertiary/aromatic N) is 3. The third-order valence-corrected chi connectivity index (χ3v) is 5.80. The highest BCUT2D eigenvalue weighted by Crippen LogP contribution is 2.27. The molecule has 162 valence electrons. The molecule has 0 aliphatic carbocycles. The van der Waals surface area contributed by atoms with Crippen molar-refractivity contribution in [2.45, 2.75) is 19.4 Å². The molecule has 3 aromatic rings. The number of aromatic nitrogens is 2. The van der Waals surface area contributed by atoms with Crippen LogP contribution < -0.4 is 10.1 Å². The van der Waals surface area contributed by atoms with Gasteiger partial charge < -0.3 is 14.6 Å². The normalized spacial score (nSPS) is 16.8. The topological polar surface area (TPSA) is 80.5 Å². The van der Waals surface area contributed by atoms with Crippen LogP contribution in [0.2, 0.25) is 10.0 Å². The van der Waals surface area contributed by atoms with Gasteiger partial charge in [-0.05, 0) is 61.9 Å². The summed E-state index contributed by atoms with van der Waals surface area (Å²) in [6.45, 7) is 1.96. The summed E-state index contributed by atoms with van der Waals surface area (Å²) < 4.78 is 10.6. The zero-order chi connectivity index (χ0) is 21.8. The lowest BCUT2D eigenvalue weighted by molar-refractivity contribution is -0.121. The van der Waals surface area contributed by atoms with E-state index >= 15 is 0 Å². The Labute approximate surface area is 190 Å². The van der Waals surface area contributed by atoms with Crippen molar-refractivity contribution in [3.63, 3.8) is 0 Å². The number of hydrogen-bond acceptors (Lipinski definition) is 6. The maximum Gasteiger partial charge on any atom is 0.241 e. The third kappa shape index (κ3) is 5.36. The minimum atomic E-state index is -0.159. The molecular formula is C22H22Cl2N4O3. The molecule has 7 nitrogen and oxygen atoms in total. The van der Waals surface area contributed by atoms with Gasteiger partial charge in [0.15, 0.2) is 0 Å². The zero-order valence-corrected chi connectivity index (χ0v) is 18.5. The van der Waals surface area contributed by atoms with E-state index in [1.165, 1.54) is 0 Å². The zero-order valence-electron chi connectivity index (χ0n) is 17.0. The van der Waals surface area contributed by atoms with Crippen LogP contribution in [0.3, 0.4) is 0 Å². The molecule has 1 aliphatic heterocycles. The molecule has 1 N–H and O–H groups in total. The van der Waals surface area contributed by atoms with Crippen molar-refractivity contribution in [3.8, 4) is 17.1 Å². The number of likely N-dealkylation sites (tertiary alicyclic amines) is 1. The van der Waals surface area contributed by atoms with Crippen LogP contribution in [0.4, 0.5) is 5.69 Å². The molecule has 0 radical (unpaired) electrons. The Morgan fingerprint density at radius 3 is 2.84 bits per heavy atom. The van der Waals surface area contributed by atoms with E-state index in [1.54, 1.807) is 25.3 Å². The van der Waals surface area contributed by atoms with Crippen LogP contribution >= 0.6 is 23.2 Å². The van der Waals surface area contributed by atoms with Crippen molar-refractivity contribution in [1.82, 2.24) is 15.0 Å². The highest BCUT2D eigenvalue weighted by Gasteiger charge is 2.27. The molecule has 1 amide bonds. The fourth-order valence-corrected chi connectivity index (χ4v) is 3.95. The molecule has 31 heavy (non-hydrogen) atoms. The second-order valence-corrected chi connectivity index (χ2v) is 8.27. The van der Waals surface area contributed by atoms with E-state index in [-0.39, 0.29) is 11.8 Å². The van der Waals surface area contributed by atoms with E-state index in [0.29, 0.717) is 40.5 Å². The van der Waals surface area contributed by atoms with Gasteiger partial charge in [0.1, 0.15) is 5.75 Å². The molecule has 9 heteroatoms. The first-order valence-corrected chi connectivity index (χ1v) is 10.7. The van der Waals surface area contributed by atoms with E-state index < -0.39 is 0 Å². The number of amides is 1. The summed E-state index contributed by atoms with van der Waals surface area (Å²) in [5.41, 5.74) is 1.38. The molecule has 1 atom stereocenters. The lowest BCUT2D eigenvalue weighted by Crippen LogP contribution is -2.40. The molecule has 4 rings (SSSR count). The lowest BCUT2D eigenvalue weighted by Gasteiger charge is -2.30. The highest BCUT2D eigenvalue weighted by atomic mass is 35.5. The number of benzene rings is 2. The molecule has 1 saturated heterocycles. The van der Waals surface area contributed by atoms with Crippen LogP contribution in [-0.4, -0.2) is 41.1 Å². The third-order valence-electron chi connectivity index (χ3n) is 5.24. The van der Waals surface area contributed by atoms with Gasteiger partial charge >= 0.3 is 0 Å². The number of carbonyl (C=O) groups excluding carboxylic acids is 1. The van der Waals surface area contributed by atoms with Crippen molar-refractivity contribution in [2.24, 2.45) is 5.92 Å². The second kappa shape index (κ2) is 9.68. The van der Waals surface area contributed by atoms with Crippen molar-refractivity contribution in [1.29, 1.82) is 0 Å². The molecule has 2 heterocycles. The summed E-state index contributed by atoms with van der Waals surface area (Å²) in [7, 11) is 1.62. The maximum atomic E-state index is 12.8. The number of piperidine rings is 1. The number of halogens is 2. The van der Waals surface area contributed by atoms with Gasteiger partial charge in [0.25, 0.3) is 0 Å². The van der Waals surface area contributed by atoms with Crippen molar-refractivity contribution in [3.05, 3.63) is 58.4 Å². The van der Waals surface area contributed by atoms with E-state index in [4.69, 9.17) is 32.5 Å². The number of hydrogen-bond donors (Lipinski definition) is 1. The van der Waals surface area contributed by atoms with Crippen LogP contribution in [0.15, 0.2) is 47.0 Å². The number of ether oxygens (including phenoxy) is 1. The monoisotopic (exact) mass is 460 g/mol. The van der Waals surface area contributed by atoms with Crippen LogP contribution in [0, 0.1) is 5.92 Å². The Morgan fingerprint density at radius 1 is 1.26 bits per heavy atom. The first-order chi connectivity index (χ1) is 15.0. The summed E-state index contributed by atoms with van der Waals surface area (Å²) in [6.07, 6.45) is 1.71. The van der Waals surface area contributed by atoms with Crippen molar-refractivity contribution < 1.29 is 14.1 Å². The van der Waals surface area contributed by atoms with Gasteiger partial charge in [-0.25, -0.2) is 0 Å². The van der Waals surface area contributed by atoms with Gasteiger partial charge in [-0.15, -0.1) is 0 Å². The predicted octanol–water partition coefficient (Wildman–Crippen LogP) is 4.90. The minimum absolute atomic E-state index is 0.0710. The van der Waals surface area contributed by atoms with Gasteiger partial charge in [0.05, 0.1) is 30.3 Å². The molecule has 1 unspecified atom stereocenters. The average Bonchev–Trinajstić information content (AvgIpc) is 3.25. The molecule has 1 fully saturated rings. The quantitative estimate of drug-likeness (QED) is 0.563. The van der Waals surface area contributed by atoms with Gasteiger partial charge in [-0.1, -0.05) is 28.4 Å². The second-order valence-electron chi connectivity index (χ2n) is 7.43. The number of methoxy groups -OCH3 is 1. The first-order valence-electron chi connectivity index (χ1n) is 9.97. The Morgan fingerprint density at radius 2 is 2.06 bits per heavy atom. The Balaban J connectivity index is 1.37. The van der Waals surface area contributed by atoms with E-state index in [0.717, 1.165) is 30.7 Å². The van der Waals surface area contributed by atoms with Crippen LogP contribution in [0.25, 0.3) is 11.4 Å². The van der Waals surface area contributed by atoms with E-state index in [2.05, 4.69) is 20.4 Å². The number of rotatable bonds is 6. The van der Waals surface area contributed by atoms with Crippen molar-refractivity contribution in [2.75, 3.05) is 25.5 Å². The standard InChI is InChI=1S/C22H22Cl2N4O3/c1-30-17-7-4-14(5-8-17)21-26-20(31-27-21)13-28-10-2-3-15(12-28)22(29)25-19-11-16(23)6-9-18(19)24/h4-9,11,15H,2-3,10,12-13H2,1H3,(H,25,29). The fourth-order valence-electron chi connectivity index (χ4n) is 3.61. The predicted molar refractivity (Wildman–Crippen MR) is 119 cm³/mol. The highest BCUT2D eigenvalue weighted by molar-refractivity contribution is 6.35. The summed E-state index contributed by atoms with van der Waals surface area (Å²) in [6, 6.07) is 12.5. The minimum Gasteiger partial charge on any atom is -0.497 e. The molecule has 0 spiro atoms. The van der Waals surface area contributed by atoms with Crippen molar-refractivity contribution >= 4 is 34.8 Å². The summed E-state index contributed by atoms with van der Waals surface area (Å²) in [5, 5.41) is 7.95. The molecular weight excluding hydrogens is 439 g/mol. The Hall–Kier alpha value is -2.61. The van der Waals surface area contributed by atoms with E-state index in [1.807, 2.05) is 24.3 Å². The number of nitrogens with one attached hydrogen (secondary N) is 1. The molecule has 2 aromatic carbocycles. The average molecular weight is 461 g/mol. The molecule has 0 bridgehead atoms. The van der Waals surface area contributed by atoms with Gasteiger partial charge in [-0.3, -0.25) is 9.69 Å². The smallest absolute Gasteiger partial charge is 0.241 e. The van der Waals surface area contributed by atoms with Gasteiger partial charge in [-0.2, -0.15) is 4.98 Å². The van der Waals surface area contributed by atoms with Gasteiger partial charge in [0, 0.05) is 17.1 Å². The van der Waals surface area contributed by atoms with Crippen LogP contribution in [0.5, 0.6) is 5.75 Å². The summed E-state index contributed by atoms with van der Waals surface area (Å²) >= 11 is 12.2. The molecule has 1 aliphatic rings. The number of anilines is 1.